The number of rotatable bonds is 3. The van der Waals surface area contributed by atoms with Crippen molar-refractivity contribution in [2.24, 2.45) is 0 Å². The summed E-state index contributed by atoms with van der Waals surface area (Å²) in [6.07, 6.45) is 0.786. The van der Waals surface area contributed by atoms with Crippen LogP contribution in [0.4, 0.5) is 4.39 Å². The summed E-state index contributed by atoms with van der Waals surface area (Å²) in [4.78, 5) is 21.0. The summed E-state index contributed by atoms with van der Waals surface area (Å²) in [6, 6.07) is 2.78. The monoisotopic (exact) mass is 454 g/mol. The van der Waals surface area contributed by atoms with Crippen LogP contribution >= 0.6 is 34.5 Å². The van der Waals surface area contributed by atoms with Crippen molar-refractivity contribution in [1.29, 1.82) is 5.41 Å². The molecule has 1 N–H and O–H groups in total. The molecule has 1 aliphatic heterocycles. The van der Waals surface area contributed by atoms with E-state index in [1.807, 2.05) is 31.1 Å². The Kier molecular flexibility index (Phi) is 6.61. The summed E-state index contributed by atoms with van der Waals surface area (Å²) in [5.74, 6) is -0.823. The molecule has 1 amide bonds. The highest BCUT2D eigenvalue weighted by Crippen LogP contribution is 2.29. The molecule has 29 heavy (non-hydrogen) atoms. The Morgan fingerprint density at radius 2 is 2.07 bits per heavy atom. The Morgan fingerprint density at radius 3 is 2.69 bits per heavy atom. The van der Waals surface area contributed by atoms with Crippen molar-refractivity contribution >= 4 is 46.3 Å². The van der Waals surface area contributed by atoms with Gasteiger partial charge >= 0.3 is 0 Å². The summed E-state index contributed by atoms with van der Waals surface area (Å²) in [6.45, 7) is 7.06. The van der Waals surface area contributed by atoms with Crippen LogP contribution in [-0.2, 0) is 0 Å². The van der Waals surface area contributed by atoms with Gasteiger partial charge in [-0.3, -0.25) is 10.2 Å². The molecule has 2 heterocycles. The Labute approximate surface area is 183 Å². The lowest BCUT2D eigenvalue weighted by Gasteiger charge is -2.39. The second-order valence-corrected chi connectivity index (χ2v) is 8.47. The summed E-state index contributed by atoms with van der Waals surface area (Å²) in [5, 5.41) is 10.8. The lowest BCUT2D eigenvalue weighted by molar-refractivity contribution is 0.0725. The predicted octanol–water partition coefficient (Wildman–Crippen LogP) is 5.36. The van der Waals surface area contributed by atoms with E-state index < -0.39 is 5.82 Å². The average molecular weight is 455 g/mol. The Balaban J connectivity index is 1.89. The van der Waals surface area contributed by atoms with Crippen LogP contribution in [-0.4, -0.2) is 46.2 Å². The average Bonchev–Trinajstić information content (AvgIpc) is 3.16. The number of hydrogen-bond acceptors (Lipinski definition) is 4. The van der Waals surface area contributed by atoms with Gasteiger partial charge in [-0.2, -0.15) is 0 Å². The van der Waals surface area contributed by atoms with Crippen LogP contribution in [0.5, 0.6) is 0 Å². The maximum atomic E-state index is 14.0. The van der Waals surface area contributed by atoms with Gasteiger partial charge in [0.1, 0.15) is 0 Å². The van der Waals surface area contributed by atoms with Crippen LogP contribution < -0.4 is 0 Å². The number of nitrogens with zero attached hydrogens (tertiary/aromatic N) is 3. The van der Waals surface area contributed by atoms with Crippen molar-refractivity contribution in [3.63, 3.8) is 0 Å². The maximum Gasteiger partial charge on any atom is 0.255 e. The number of thiazole rings is 1. The molecule has 0 radical (unpaired) electrons. The van der Waals surface area contributed by atoms with Gasteiger partial charge in [-0.05, 0) is 32.4 Å². The van der Waals surface area contributed by atoms with Crippen molar-refractivity contribution in [3.8, 4) is 0 Å². The van der Waals surface area contributed by atoms with Crippen LogP contribution in [0.3, 0.4) is 0 Å². The molecule has 1 aliphatic rings. The molecule has 9 heteroatoms. The highest BCUT2D eigenvalue weighted by Gasteiger charge is 2.31. The van der Waals surface area contributed by atoms with E-state index in [-0.39, 0.29) is 21.5 Å². The molecule has 0 spiro atoms. The van der Waals surface area contributed by atoms with Crippen LogP contribution in [0.2, 0.25) is 10.0 Å². The van der Waals surface area contributed by atoms with E-state index in [0.29, 0.717) is 30.5 Å². The predicted molar refractivity (Wildman–Crippen MR) is 116 cm³/mol. The van der Waals surface area contributed by atoms with Gasteiger partial charge in [0.05, 0.1) is 22.2 Å². The highest BCUT2D eigenvalue weighted by atomic mass is 35.5. The number of aryl methyl sites for hydroxylation is 1. The quantitative estimate of drug-likeness (QED) is 0.385. The van der Waals surface area contributed by atoms with E-state index in [2.05, 4.69) is 4.98 Å². The number of carbonyl (C=O) groups excluding carboxylic acids is 1. The smallest absolute Gasteiger partial charge is 0.255 e. The second kappa shape index (κ2) is 8.81. The van der Waals surface area contributed by atoms with Gasteiger partial charge in [-0.25, -0.2) is 9.37 Å². The van der Waals surface area contributed by atoms with E-state index in [4.69, 9.17) is 28.6 Å². The molecule has 0 atom stereocenters. The molecule has 0 saturated carbocycles. The Morgan fingerprint density at radius 1 is 1.34 bits per heavy atom. The number of hydrogen-bond donors (Lipinski definition) is 1. The minimum Gasteiger partial charge on any atom is -0.331 e. The van der Waals surface area contributed by atoms with Crippen molar-refractivity contribution in [2.75, 3.05) is 19.6 Å². The highest BCUT2D eigenvalue weighted by molar-refractivity contribution is 7.11. The molecule has 1 aromatic carbocycles. The molecular formula is C20H21Cl2FN4OS. The van der Waals surface area contributed by atoms with Crippen LogP contribution in [0.25, 0.3) is 0 Å². The minimum absolute atomic E-state index is 0.0844. The number of aromatic nitrogens is 1. The van der Waals surface area contributed by atoms with E-state index in [9.17, 15) is 9.18 Å². The van der Waals surface area contributed by atoms with Crippen molar-refractivity contribution in [3.05, 3.63) is 60.9 Å². The molecule has 3 rings (SSSR count). The number of piperazine rings is 1. The largest absolute Gasteiger partial charge is 0.331 e. The third-order valence-electron chi connectivity index (χ3n) is 4.93. The van der Waals surface area contributed by atoms with Gasteiger partial charge in [0.15, 0.2) is 16.7 Å². The zero-order valence-electron chi connectivity index (χ0n) is 16.4. The lowest BCUT2D eigenvalue weighted by atomic mass is 10.1. The van der Waals surface area contributed by atoms with Gasteiger partial charge in [-0.1, -0.05) is 35.7 Å². The topological polar surface area (TPSA) is 60.3 Å². The molecule has 154 valence electrons. The summed E-state index contributed by atoms with van der Waals surface area (Å²) in [7, 11) is 0. The number of carbonyl (C=O) groups is 1. The maximum absolute atomic E-state index is 14.0. The van der Waals surface area contributed by atoms with Gasteiger partial charge in [0.2, 0.25) is 0 Å². The first-order chi connectivity index (χ1) is 13.7. The first kappa shape index (κ1) is 21.7. The molecule has 0 unspecified atom stereocenters. The summed E-state index contributed by atoms with van der Waals surface area (Å²) in [5.41, 5.74) is 2.92. The normalized spacial score (nSPS) is 16.2. The third-order valence-corrected chi connectivity index (χ3v) is 6.56. The number of amides is 1. The van der Waals surface area contributed by atoms with Gasteiger partial charge < -0.3 is 9.80 Å². The second-order valence-electron chi connectivity index (χ2n) is 6.82. The fourth-order valence-corrected chi connectivity index (χ4v) is 4.33. The van der Waals surface area contributed by atoms with Gasteiger partial charge in [-0.15, -0.1) is 11.3 Å². The third kappa shape index (κ3) is 4.32. The number of benzene rings is 1. The fraction of sp³-hybridized carbons (Fsp3) is 0.350. The van der Waals surface area contributed by atoms with Crippen LogP contribution in [0.15, 0.2) is 28.8 Å². The molecule has 1 saturated heterocycles. The lowest BCUT2D eigenvalue weighted by Crippen LogP contribution is -2.49. The zero-order valence-corrected chi connectivity index (χ0v) is 18.7. The van der Waals surface area contributed by atoms with Crippen molar-refractivity contribution in [2.45, 2.75) is 27.2 Å². The molecule has 1 aromatic heterocycles. The molecule has 2 aromatic rings. The molecule has 0 bridgehead atoms. The van der Waals surface area contributed by atoms with E-state index >= 15 is 0 Å². The van der Waals surface area contributed by atoms with Crippen LogP contribution in [0, 0.1) is 18.2 Å². The number of nitrogens with one attached hydrogen (secondary N) is 1. The molecule has 1 fully saturated rings. The van der Waals surface area contributed by atoms with Gasteiger partial charge in [0.25, 0.3) is 5.91 Å². The number of allylic oxidation sites excluding steroid dienone is 1. The molecular weight excluding hydrogens is 434 g/mol. The summed E-state index contributed by atoms with van der Waals surface area (Å²) < 4.78 is 14.0. The Bertz CT molecular complexity index is 1000. The zero-order chi connectivity index (χ0) is 21.3. The molecule has 0 aliphatic carbocycles. The standard InChI is InChI=1S/C20H21Cl2FN4OS/c1-4-11(2)15-9-26(20(28)13-5-6-14(21)17(23)16(13)22)7-8-27(15)18(24)19-25-12(3)10-29-19/h5-6,10,24H,4,7-9H2,1-3H3/b15-11+,24-18?. The SMILES string of the molecule is CC/C(C)=C1\CN(C(=O)c2ccc(Cl)c(F)c2Cl)CCN1C(=N)c1nc(C)cs1. The first-order valence-electron chi connectivity index (χ1n) is 9.14. The summed E-state index contributed by atoms with van der Waals surface area (Å²) >= 11 is 13.2. The van der Waals surface area contributed by atoms with E-state index in [0.717, 1.165) is 23.4 Å². The minimum atomic E-state index is -0.792. The first-order valence-corrected chi connectivity index (χ1v) is 10.8. The Hall–Kier alpha value is -1.96. The van der Waals surface area contributed by atoms with Crippen molar-refractivity contribution < 1.29 is 9.18 Å². The number of amidine groups is 1. The van der Waals surface area contributed by atoms with Crippen LogP contribution in [0.1, 0.15) is 41.3 Å². The number of halogens is 3. The molecule has 5 nitrogen and oxygen atoms in total. The fourth-order valence-electron chi connectivity index (χ4n) is 3.13. The van der Waals surface area contributed by atoms with Crippen molar-refractivity contribution in [1.82, 2.24) is 14.8 Å². The van der Waals surface area contributed by atoms with Gasteiger partial charge in [0, 0.05) is 29.9 Å². The van der Waals surface area contributed by atoms with E-state index in [1.165, 1.54) is 23.5 Å². The van der Waals surface area contributed by atoms with E-state index in [1.54, 1.807) is 4.90 Å².